The zero-order valence-electron chi connectivity index (χ0n) is 11.8. The molecule has 1 aliphatic rings. The number of rotatable bonds is 4. The van der Waals surface area contributed by atoms with Crippen molar-refractivity contribution in [3.63, 3.8) is 0 Å². The van der Waals surface area contributed by atoms with E-state index < -0.39 is 0 Å². The molecule has 0 aliphatic heterocycles. The van der Waals surface area contributed by atoms with Crippen molar-refractivity contribution in [3.8, 4) is 0 Å². The number of benzene rings is 1. The maximum absolute atomic E-state index is 13.9. The standard InChI is InChI=1S/C15H22FN3O/c1-10(20)18-12-6-7-13(16)15(8-12)19-14-5-3-2-4-11(14)9-17/h6-8,11,14,19H,2-5,9,17H2,1H3,(H,18,20). The van der Waals surface area contributed by atoms with Crippen LogP contribution in [0.5, 0.6) is 0 Å². The number of halogens is 1. The van der Waals surface area contributed by atoms with Gasteiger partial charge in [-0.2, -0.15) is 0 Å². The van der Waals surface area contributed by atoms with Gasteiger partial charge in [-0.1, -0.05) is 12.8 Å². The molecule has 0 radical (unpaired) electrons. The number of hydrogen-bond donors (Lipinski definition) is 3. The molecule has 0 bridgehead atoms. The Labute approximate surface area is 118 Å². The molecule has 2 rings (SSSR count). The smallest absolute Gasteiger partial charge is 0.221 e. The third-order valence-corrected chi connectivity index (χ3v) is 3.84. The molecule has 0 heterocycles. The second-order valence-electron chi connectivity index (χ2n) is 5.41. The van der Waals surface area contributed by atoms with Gasteiger partial charge >= 0.3 is 0 Å². The van der Waals surface area contributed by atoms with Gasteiger partial charge in [0.15, 0.2) is 0 Å². The van der Waals surface area contributed by atoms with E-state index in [1.165, 1.54) is 19.4 Å². The highest BCUT2D eigenvalue weighted by atomic mass is 19.1. The molecule has 1 fully saturated rings. The summed E-state index contributed by atoms with van der Waals surface area (Å²) in [7, 11) is 0. The lowest BCUT2D eigenvalue weighted by Crippen LogP contribution is -2.36. The molecule has 1 aromatic rings. The van der Waals surface area contributed by atoms with Crippen LogP contribution in [0.4, 0.5) is 15.8 Å². The van der Waals surface area contributed by atoms with Gasteiger partial charge in [-0.05, 0) is 43.5 Å². The second-order valence-corrected chi connectivity index (χ2v) is 5.41. The highest BCUT2D eigenvalue weighted by Crippen LogP contribution is 2.28. The Kier molecular flexibility index (Phi) is 4.95. The number of nitrogens with two attached hydrogens (primary N) is 1. The molecule has 110 valence electrons. The summed E-state index contributed by atoms with van der Waals surface area (Å²) < 4.78 is 13.9. The van der Waals surface area contributed by atoms with Crippen molar-refractivity contribution in [1.29, 1.82) is 0 Å². The van der Waals surface area contributed by atoms with Crippen molar-refractivity contribution in [3.05, 3.63) is 24.0 Å². The van der Waals surface area contributed by atoms with E-state index in [1.807, 2.05) is 0 Å². The summed E-state index contributed by atoms with van der Waals surface area (Å²) in [5.74, 6) is -0.0897. The molecule has 0 saturated heterocycles. The molecular formula is C15H22FN3O. The van der Waals surface area contributed by atoms with Crippen molar-refractivity contribution in [2.75, 3.05) is 17.2 Å². The average Bonchev–Trinajstić information content (AvgIpc) is 2.42. The Morgan fingerprint density at radius 3 is 2.85 bits per heavy atom. The van der Waals surface area contributed by atoms with Crippen molar-refractivity contribution in [1.82, 2.24) is 0 Å². The minimum Gasteiger partial charge on any atom is -0.380 e. The van der Waals surface area contributed by atoms with E-state index in [2.05, 4.69) is 10.6 Å². The summed E-state index contributed by atoms with van der Waals surface area (Å²) in [5.41, 5.74) is 6.82. The molecule has 1 saturated carbocycles. The first-order chi connectivity index (χ1) is 9.60. The van der Waals surface area contributed by atoms with Crippen LogP contribution in [0.1, 0.15) is 32.6 Å². The SMILES string of the molecule is CC(=O)Nc1ccc(F)c(NC2CCCCC2CN)c1. The highest BCUT2D eigenvalue weighted by Gasteiger charge is 2.24. The van der Waals surface area contributed by atoms with E-state index in [9.17, 15) is 9.18 Å². The van der Waals surface area contributed by atoms with Crippen LogP contribution in [0, 0.1) is 11.7 Å². The van der Waals surface area contributed by atoms with E-state index in [0.717, 1.165) is 19.3 Å². The Balaban J connectivity index is 2.12. The van der Waals surface area contributed by atoms with Crippen LogP contribution in [-0.2, 0) is 4.79 Å². The van der Waals surface area contributed by atoms with Crippen molar-refractivity contribution in [2.45, 2.75) is 38.6 Å². The van der Waals surface area contributed by atoms with Gasteiger partial charge in [0.25, 0.3) is 0 Å². The number of carbonyl (C=O) groups is 1. The average molecular weight is 279 g/mol. The summed E-state index contributed by atoms with van der Waals surface area (Å²) in [6.07, 6.45) is 4.42. The summed E-state index contributed by atoms with van der Waals surface area (Å²) >= 11 is 0. The Morgan fingerprint density at radius 2 is 2.15 bits per heavy atom. The molecule has 4 nitrogen and oxygen atoms in total. The van der Waals surface area contributed by atoms with Crippen molar-refractivity contribution in [2.24, 2.45) is 11.7 Å². The van der Waals surface area contributed by atoms with E-state index in [0.29, 0.717) is 23.8 Å². The molecule has 2 atom stereocenters. The van der Waals surface area contributed by atoms with Gasteiger partial charge in [-0.25, -0.2) is 4.39 Å². The highest BCUT2D eigenvalue weighted by molar-refractivity contribution is 5.89. The maximum atomic E-state index is 13.9. The minimum absolute atomic E-state index is 0.167. The summed E-state index contributed by atoms with van der Waals surface area (Å²) in [5, 5.41) is 5.92. The van der Waals surface area contributed by atoms with Gasteiger partial charge in [-0.3, -0.25) is 4.79 Å². The summed E-state index contributed by atoms with van der Waals surface area (Å²) in [6, 6.07) is 4.77. The lowest BCUT2D eigenvalue weighted by Gasteiger charge is -2.32. The molecule has 0 spiro atoms. The molecule has 20 heavy (non-hydrogen) atoms. The normalized spacial score (nSPS) is 22.4. The molecule has 4 N–H and O–H groups in total. The van der Waals surface area contributed by atoms with Gasteiger partial charge in [-0.15, -0.1) is 0 Å². The second kappa shape index (κ2) is 6.70. The molecule has 2 unspecified atom stereocenters. The topological polar surface area (TPSA) is 67.2 Å². The quantitative estimate of drug-likeness (QED) is 0.794. The molecule has 1 aromatic carbocycles. The van der Waals surface area contributed by atoms with Crippen molar-refractivity contribution < 1.29 is 9.18 Å². The number of amides is 1. The number of carbonyl (C=O) groups excluding carboxylic acids is 1. The molecule has 1 aliphatic carbocycles. The zero-order chi connectivity index (χ0) is 14.5. The summed E-state index contributed by atoms with van der Waals surface area (Å²) in [6.45, 7) is 2.05. The van der Waals surface area contributed by atoms with Gasteiger partial charge in [0.1, 0.15) is 5.82 Å². The number of anilines is 2. The van der Waals surface area contributed by atoms with Crippen LogP contribution in [0.25, 0.3) is 0 Å². The number of hydrogen-bond acceptors (Lipinski definition) is 3. The van der Waals surface area contributed by atoms with Crippen LogP contribution in [-0.4, -0.2) is 18.5 Å². The van der Waals surface area contributed by atoms with Gasteiger partial charge in [0, 0.05) is 18.7 Å². The van der Waals surface area contributed by atoms with Crippen LogP contribution < -0.4 is 16.4 Å². The van der Waals surface area contributed by atoms with Crippen LogP contribution >= 0.6 is 0 Å². The lowest BCUT2D eigenvalue weighted by atomic mass is 9.84. The fourth-order valence-electron chi connectivity index (χ4n) is 2.80. The van der Waals surface area contributed by atoms with E-state index >= 15 is 0 Å². The predicted molar refractivity (Wildman–Crippen MR) is 79.1 cm³/mol. The monoisotopic (exact) mass is 279 g/mol. The summed E-state index contributed by atoms with van der Waals surface area (Å²) in [4.78, 5) is 11.1. The van der Waals surface area contributed by atoms with E-state index in [4.69, 9.17) is 5.73 Å². The van der Waals surface area contributed by atoms with Crippen LogP contribution in [0.15, 0.2) is 18.2 Å². The fourth-order valence-corrected chi connectivity index (χ4v) is 2.80. The third-order valence-electron chi connectivity index (χ3n) is 3.84. The largest absolute Gasteiger partial charge is 0.380 e. The van der Waals surface area contributed by atoms with Crippen LogP contribution in [0.3, 0.4) is 0 Å². The molecule has 1 amide bonds. The first-order valence-corrected chi connectivity index (χ1v) is 7.14. The van der Waals surface area contributed by atoms with E-state index in [-0.39, 0.29) is 17.8 Å². The predicted octanol–water partition coefficient (Wildman–Crippen LogP) is 2.71. The zero-order valence-corrected chi connectivity index (χ0v) is 11.8. The molecule has 0 aromatic heterocycles. The molecule has 5 heteroatoms. The number of nitrogens with one attached hydrogen (secondary N) is 2. The fraction of sp³-hybridized carbons (Fsp3) is 0.533. The van der Waals surface area contributed by atoms with Gasteiger partial charge < -0.3 is 16.4 Å². The first-order valence-electron chi connectivity index (χ1n) is 7.14. The van der Waals surface area contributed by atoms with E-state index in [1.54, 1.807) is 12.1 Å². The Morgan fingerprint density at radius 1 is 1.40 bits per heavy atom. The van der Waals surface area contributed by atoms with Crippen molar-refractivity contribution >= 4 is 17.3 Å². The lowest BCUT2D eigenvalue weighted by molar-refractivity contribution is -0.114. The minimum atomic E-state index is -0.305. The van der Waals surface area contributed by atoms with Crippen LogP contribution in [0.2, 0.25) is 0 Å². The maximum Gasteiger partial charge on any atom is 0.221 e. The first kappa shape index (κ1) is 14.8. The molecular weight excluding hydrogens is 257 g/mol. The van der Waals surface area contributed by atoms with Gasteiger partial charge in [0.2, 0.25) is 5.91 Å². The Hall–Kier alpha value is -1.62. The van der Waals surface area contributed by atoms with Gasteiger partial charge in [0.05, 0.1) is 5.69 Å². The third kappa shape index (κ3) is 3.70. The Bertz CT molecular complexity index is 478.